The van der Waals surface area contributed by atoms with Gasteiger partial charge >= 0.3 is 0 Å². The molecule has 0 N–H and O–H groups in total. The van der Waals surface area contributed by atoms with Crippen LogP contribution in [0.3, 0.4) is 0 Å². The van der Waals surface area contributed by atoms with E-state index in [0.717, 1.165) is 11.3 Å². The fraction of sp³-hybridized carbons (Fsp3) is 0.500. The summed E-state index contributed by atoms with van der Waals surface area (Å²) in [4.78, 5) is 12.0. The zero-order valence-corrected chi connectivity index (χ0v) is 11.7. The molecule has 0 aliphatic rings. The lowest BCUT2D eigenvalue weighted by Crippen LogP contribution is -2.11. The third kappa shape index (κ3) is 4.43. The SMILES string of the molecule is COc1cccc(C(=O)CSC(C)C(C)C)c1. The van der Waals surface area contributed by atoms with Crippen LogP contribution in [0.25, 0.3) is 0 Å². The largest absolute Gasteiger partial charge is 0.497 e. The molecule has 1 rings (SSSR count). The summed E-state index contributed by atoms with van der Waals surface area (Å²) in [5, 5.41) is 0.504. The second kappa shape index (κ2) is 6.70. The Labute approximate surface area is 108 Å². The van der Waals surface area contributed by atoms with Gasteiger partial charge < -0.3 is 4.74 Å². The first-order chi connectivity index (χ1) is 8.04. The van der Waals surface area contributed by atoms with Crippen molar-refractivity contribution in [1.82, 2.24) is 0 Å². The fourth-order valence-corrected chi connectivity index (χ4v) is 2.25. The topological polar surface area (TPSA) is 26.3 Å². The smallest absolute Gasteiger partial charge is 0.172 e. The number of carbonyl (C=O) groups excluding carboxylic acids is 1. The maximum Gasteiger partial charge on any atom is 0.172 e. The molecule has 94 valence electrons. The first-order valence-electron chi connectivity index (χ1n) is 5.83. The number of rotatable bonds is 6. The number of carbonyl (C=O) groups is 1. The molecule has 2 nitrogen and oxygen atoms in total. The standard InChI is InChI=1S/C14H20O2S/c1-10(2)11(3)17-9-14(15)12-6-5-7-13(8-12)16-4/h5-8,10-11H,9H2,1-4H3. The molecule has 17 heavy (non-hydrogen) atoms. The number of hydrogen-bond donors (Lipinski definition) is 0. The Morgan fingerprint density at radius 2 is 2.06 bits per heavy atom. The van der Waals surface area contributed by atoms with Crippen LogP contribution in [0.5, 0.6) is 5.75 Å². The van der Waals surface area contributed by atoms with Crippen LogP contribution in [0.1, 0.15) is 31.1 Å². The molecule has 0 spiro atoms. The summed E-state index contributed by atoms with van der Waals surface area (Å²) >= 11 is 1.71. The molecular weight excluding hydrogens is 232 g/mol. The van der Waals surface area contributed by atoms with Gasteiger partial charge in [-0.3, -0.25) is 4.79 Å². The van der Waals surface area contributed by atoms with Gasteiger partial charge in [0.2, 0.25) is 0 Å². The highest BCUT2D eigenvalue weighted by Crippen LogP contribution is 2.21. The third-order valence-electron chi connectivity index (χ3n) is 2.81. The van der Waals surface area contributed by atoms with Crippen LogP contribution >= 0.6 is 11.8 Å². The minimum absolute atomic E-state index is 0.168. The highest BCUT2D eigenvalue weighted by Gasteiger charge is 2.12. The molecule has 0 saturated carbocycles. The Kier molecular flexibility index (Phi) is 5.56. The molecule has 0 heterocycles. The van der Waals surface area contributed by atoms with Crippen molar-refractivity contribution >= 4 is 17.5 Å². The number of ether oxygens (including phenoxy) is 1. The Balaban J connectivity index is 2.57. The molecule has 0 aliphatic heterocycles. The average Bonchev–Trinajstić information content (AvgIpc) is 2.35. The van der Waals surface area contributed by atoms with E-state index in [1.807, 2.05) is 18.2 Å². The molecule has 0 aromatic heterocycles. The van der Waals surface area contributed by atoms with Crippen molar-refractivity contribution in [3.8, 4) is 5.75 Å². The molecule has 0 amide bonds. The normalized spacial score (nSPS) is 12.5. The fourth-order valence-electron chi connectivity index (χ4n) is 1.28. The van der Waals surface area contributed by atoms with Crippen LogP contribution in [0, 0.1) is 5.92 Å². The number of Topliss-reactive ketones (excluding diaryl/α,β-unsaturated/α-hetero) is 1. The van der Waals surface area contributed by atoms with Gasteiger partial charge in [-0.05, 0) is 18.1 Å². The number of hydrogen-bond acceptors (Lipinski definition) is 3. The zero-order chi connectivity index (χ0) is 12.8. The van der Waals surface area contributed by atoms with Gasteiger partial charge in [-0.1, -0.05) is 32.9 Å². The quantitative estimate of drug-likeness (QED) is 0.723. The lowest BCUT2D eigenvalue weighted by atomic mass is 10.1. The monoisotopic (exact) mass is 252 g/mol. The molecule has 1 aromatic rings. The van der Waals surface area contributed by atoms with E-state index in [1.54, 1.807) is 24.9 Å². The van der Waals surface area contributed by atoms with Crippen LogP contribution in [0.15, 0.2) is 24.3 Å². The van der Waals surface area contributed by atoms with Gasteiger partial charge in [0.1, 0.15) is 5.75 Å². The van der Waals surface area contributed by atoms with E-state index in [0.29, 0.717) is 16.9 Å². The van der Waals surface area contributed by atoms with Gasteiger partial charge in [-0.25, -0.2) is 0 Å². The Morgan fingerprint density at radius 3 is 2.65 bits per heavy atom. The van der Waals surface area contributed by atoms with Crippen molar-refractivity contribution in [3.63, 3.8) is 0 Å². The molecule has 0 bridgehead atoms. The molecule has 0 radical (unpaired) electrons. The third-order valence-corrected chi connectivity index (χ3v) is 4.31. The maximum absolute atomic E-state index is 12.0. The Morgan fingerprint density at radius 1 is 1.35 bits per heavy atom. The summed E-state index contributed by atoms with van der Waals surface area (Å²) in [5.74, 6) is 2.03. The van der Waals surface area contributed by atoms with Gasteiger partial charge in [0.05, 0.1) is 12.9 Å². The number of ketones is 1. The van der Waals surface area contributed by atoms with Gasteiger partial charge in [0, 0.05) is 10.8 Å². The highest BCUT2D eigenvalue weighted by molar-refractivity contribution is 8.00. The maximum atomic E-state index is 12.0. The van der Waals surface area contributed by atoms with Crippen molar-refractivity contribution in [1.29, 1.82) is 0 Å². The summed E-state index contributed by atoms with van der Waals surface area (Å²) in [5.41, 5.74) is 0.729. The predicted molar refractivity (Wildman–Crippen MR) is 74.1 cm³/mol. The van der Waals surface area contributed by atoms with E-state index < -0.39 is 0 Å². The number of methoxy groups -OCH3 is 1. The van der Waals surface area contributed by atoms with Gasteiger partial charge in [-0.2, -0.15) is 11.8 Å². The second-order valence-corrected chi connectivity index (χ2v) is 5.78. The molecule has 0 fully saturated rings. The molecule has 3 heteroatoms. The van der Waals surface area contributed by atoms with E-state index in [1.165, 1.54) is 0 Å². The zero-order valence-electron chi connectivity index (χ0n) is 10.9. The van der Waals surface area contributed by atoms with Gasteiger partial charge in [0.25, 0.3) is 0 Å². The van der Waals surface area contributed by atoms with Gasteiger partial charge in [-0.15, -0.1) is 0 Å². The summed E-state index contributed by atoms with van der Waals surface area (Å²) in [6.45, 7) is 6.51. The Hall–Kier alpha value is -0.960. The van der Waals surface area contributed by atoms with Crippen molar-refractivity contribution in [2.24, 2.45) is 5.92 Å². The van der Waals surface area contributed by atoms with Crippen LogP contribution in [0.4, 0.5) is 0 Å². The van der Waals surface area contributed by atoms with E-state index in [2.05, 4.69) is 20.8 Å². The summed E-state index contributed by atoms with van der Waals surface area (Å²) in [7, 11) is 1.61. The first kappa shape index (κ1) is 14.1. The van der Waals surface area contributed by atoms with Gasteiger partial charge in [0.15, 0.2) is 5.78 Å². The molecule has 1 atom stereocenters. The molecule has 0 aliphatic carbocycles. The van der Waals surface area contributed by atoms with E-state index >= 15 is 0 Å². The lowest BCUT2D eigenvalue weighted by molar-refractivity contribution is 0.102. The molecule has 1 unspecified atom stereocenters. The van der Waals surface area contributed by atoms with Crippen molar-refractivity contribution in [2.45, 2.75) is 26.0 Å². The molecule has 1 aromatic carbocycles. The second-order valence-electron chi connectivity index (χ2n) is 4.42. The van der Waals surface area contributed by atoms with Crippen LogP contribution in [-0.4, -0.2) is 23.9 Å². The minimum Gasteiger partial charge on any atom is -0.497 e. The predicted octanol–water partition coefficient (Wildman–Crippen LogP) is 3.66. The Bertz CT molecular complexity index is 374. The summed E-state index contributed by atoms with van der Waals surface area (Å²) < 4.78 is 5.11. The van der Waals surface area contributed by atoms with Crippen molar-refractivity contribution in [3.05, 3.63) is 29.8 Å². The van der Waals surface area contributed by atoms with Crippen LogP contribution < -0.4 is 4.74 Å². The molecular formula is C14H20O2S. The summed E-state index contributed by atoms with van der Waals surface area (Å²) in [6.07, 6.45) is 0. The number of thioether (sulfide) groups is 1. The van der Waals surface area contributed by atoms with Crippen LogP contribution in [0.2, 0.25) is 0 Å². The van der Waals surface area contributed by atoms with Crippen molar-refractivity contribution in [2.75, 3.05) is 12.9 Å². The van der Waals surface area contributed by atoms with E-state index in [9.17, 15) is 4.79 Å². The molecule has 0 saturated heterocycles. The first-order valence-corrected chi connectivity index (χ1v) is 6.88. The number of benzene rings is 1. The van der Waals surface area contributed by atoms with Crippen molar-refractivity contribution < 1.29 is 9.53 Å². The lowest BCUT2D eigenvalue weighted by Gasteiger charge is -2.14. The van der Waals surface area contributed by atoms with E-state index in [4.69, 9.17) is 4.74 Å². The average molecular weight is 252 g/mol. The summed E-state index contributed by atoms with van der Waals surface area (Å²) in [6, 6.07) is 7.33. The minimum atomic E-state index is 0.168. The van der Waals surface area contributed by atoms with Crippen LogP contribution in [-0.2, 0) is 0 Å². The van der Waals surface area contributed by atoms with E-state index in [-0.39, 0.29) is 5.78 Å². The highest BCUT2D eigenvalue weighted by atomic mass is 32.2.